The van der Waals surface area contributed by atoms with E-state index in [-0.39, 0.29) is 11.8 Å². The van der Waals surface area contributed by atoms with Crippen LogP contribution in [-0.2, 0) is 11.3 Å². The van der Waals surface area contributed by atoms with Gasteiger partial charge in [0.15, 0.2) is 11.5 Å². The monoisotopic (exact) mass is 277 g/mol. The van der Waals surface area contributed by atoms with Gasteiger partial charge in [-0.2, -0.15) is 0 Å². The second-order valence-corrected chi connectivity index (χ2v) is 5.24. The molecule has 2 rings (SSSR count). The van der Waals surface area contributed by atoms with Crippen LogP contribution in [0.15, 0.2) is 18.2 Å². The molecule has 0 aromatic heterocycles. The summed E-state index contributed by atoms with van der Waals surface area (Å²) in [6.07, 6.45) is 3.26. The van der Waals surface area contributed by atoms with Gasteiger partial charge in [0, 0.05) is 19.5 Å². The van der Waals surface area contributed by atoms with E-state index >= 15 is 0 Å². The van der Waals surface area contributed by atoms with Gasteiger partial charge in [-0.05, 0) is 37.5 Å². The van der Waals surface area contributed by atoms with E-state index in [1.807, 2.05) is 32.2 Å². The van der Waals surface area contributed by atoms with Crippen LogP contribution < -0.4 is 9.47 Å². The normalized spacial score (nSPS) is 14.6. The van der Waals surface area contributed by atoms with Crippen LogP contribution in [-0.4, -0.2) is 31.6 Å². The minimum absolute atomic E-state index is 0.240. The molecule has 1 aliphatic rings. The Labute approximate surface area is 120 Å². The van der Waals surface area contributed by atoms with Crippen LogP contribution in [0.5, 0.6) is 11.5 Å². The van der Waals surface area contributed by atoms with Crippen LogP contribution in [0.4, 0.5) is 0 Å². The van der Waals surface area contributed by atoms with Crippen molar-refractivity contribution in [3.05, 3.63) is 23.8 Å². The zero-order chi connectivity index (χ0) is 14.5. The maximum absolute atomic E-state index is 12.1. The van der Waals surface area contributed by atoms with Crippen molar-refractivity contribution in [2.24, 2.45) is 5.92 Å². The Morgan fingerprint density at radius 1 is 1.35 bits per heavy atom. The van der Waals surface area contributed by atoms with Crippen molar-refractivity contribution in [2.45, 2.75) is 32.7 Å². The summed E-state index contributed by atoms with van der Waals surface area (Å²) in [6.45, 7) is 3.16. The lowest BCUT2D eigenvalue weighted by atomic mass is 9.84. The average molecular weight is 277 g/mol. The first-order valence-corrected chi connectivity index (χ1v) is 7.20. The van der Waals surface area contributed by atoms with Crippen molar-refractivity contribution >= 4 is 5.91 Å². The molecule has 0 bridgehead atoms. The summed E-state index contributed by atoms with van der Waals surface area (Å²) in [5, 5.41) is 0. The fourth-order valence-corrected chi connectivity index (χ4v) is 2.40. The molecule has 0 saturated heterocycles. The number of ether oxygens (including phenoxy) is 2. The molecular weight excluding hydrogens is 254 g/mol. The number of amides is 1. The standard InChI is InChI=1S/C16H23NO3/c1-4-20-14-9-8-12(10-15(14)19-3)11-17(2)16(18)13-6-5-7-13/h8-10,13H,4-7,11H2,1-3H3. The molecule has 110 valence electrons. The number of carbonyl (C=O) groups is 1. The van der Waals surface area contributed by atoms with Crippen LogP contribution in [0.1, 0.15) is 31.7 Å². The van der Waals surface area contributed by atoms with E-state index in [0.29, 0.717) is 18.9 Å². The Hall–Kier alpha value is -1.71. The summed E-state index contributed by atoms with van der Waals surface area (Å²) in [5.41, 5.74) is 1.06. The van der Waals surface area contributed by atoms with Gasteiger partial charge in [0.25, 0.3) is 0 Å². The van der Waals surface area contributed by atoms with E-state index in [0.717, 1.165) is 24.2 Å². The molecule has 1 aliphatic carbocycles. The summed E-state index contributed by atoms with van der Waals surface area (Å²) in [6, 6.07) is 5.83. The molecule has 1 aromatic rings. The topological polar surface area (TPSA) is 38.8 Å². The third kappa shape index (κ3) is 3.24. The predicted molar refractivity (Wildman–Crippen MR) is 78.0 cm³/mol. The molecule has 1 amide bonds. The van der Waals surface area contributed by atoms with E-state index in [9.17, 15) is 4.79 Å². The second kappa shape index (κ2) is 6.64. The number of methoxy groups -OCH3 is 1. The summed E-state index contributed by atoms with van der Waals surface area (Å²) in [7, 11) is 3.49. The van der Waals surface area contributed by atoms with Crippen LogP contribution >= 0.6 is 0 Å². The summed E-state index contributed by atoms with van der Waals surface area (Å²) >= 11 is 0. The third-order valence-electron chi connectivity index (χ3n) is 3.78. The van der Waals surface area contributed by atoms with Gasteiger partial charge >= 0.3 is 0 Å². The van der Waals surface area contributed by atoms with Gasteiger partial charge in [-0.1, -0.05) is 12.5 Å². The molecule has 1 saturated carbocycles. The molecule has 1 aromatic carbocycles. The molecule has 4 heteroatoms. The molecule has 0 spiro atoms. The number of hydrogen-bond donors (Lipinski definition) is 0. The van der Waals surface area contributed by atoms with Gasteiger partial charge in [-0.3, -0.25) is 4.79 Å². The first-order valence-electron chi connectivity index (χ1n) is 7.20. The molecule has 0 aliphatic heterocycles. The number of hydrogen-bond acceptors (Lipinski definition) is 3. The molecule has 0 N–H and O–H groups in total. The zero-order valence-electron chi connectivity index (χ0n) is 12.5. The van der Waals surface area contributed by atoms with E-state index in [2.05, 4.69) is 0 Å². The SMILES string of the molecule is CCOc1ccc(CN(C)C(=O)C2CCC2)cc1OC. The Morgan fingerprint density at radius 3 is 2.65 bits per heavy atom. The Bertz CT molecular complexity index is 469. The van der Waals surface area contributed by atoms with E-state index in [1.54, 1.807) is 12.0 Å². The lowest BCUT2D eigenvalue weighted by Gasteiger charge is -2.29. The number of benzene rings is 1. The van der Waals surface area contributed by atoms with Crippen LogP contribution in [0.3, 0.4) is 0 Å². The lowest BCUT2D eigenvalue weighted by Crippen LogP contribution is -2.35. The zero-order valence-corrected chi connectivity index (χ0v) is 12.5. The van der Waals surface area contributed by atoms with Crippen molar-refractivity contribution < 1.29 is 14.3 Å². The highest BCUT2D eigenvalue weighted by Gasteiger charge is 2.27. The molecule has 0 atom stereocenters. The predicted octanol–water partition coefficient (Wildman–Crippen LogP) is 2.85. The van der Waals surface area contributed by atoms with Crippen LogP contribution in [0, 0.1) is 5.92 Å². The molecule has 20 heavy (non-hydrogen) atoms. The smallest absolute Gasteiger partial charge is 0.225 e. The van der Waals surface area contributed by atoms with E-state index < -0.39 is 0 Å². The first kappa shape index (κ1) is 14.7. The minimum atomic E-state index is 0.240. The van der Waals surface area contributed by atoms with E-state index in [4.69, 9.17) is 9.47 Å². The van der Waals surface area contributed by atoms with E-state index in [1.165, 1.54) is 6.42 Å². The Kier molecular flexibility index (Phi) is 4.88. The van der Waals surface area contributed by atoms with Crippen molar-refractivity contribution in [3.63, 3.8) is 0 Å². The van der Waals surface area contributed by atoms with Gasteiger partial charge in [-0.25, -0.2) is 0 Å². The van der Waals surface area contributed by atoms with Crippen molar-refractivity contribution in [1.29, 1.82) is 0 Å². The minimum Gasteiger partial charge on any atom is -0.493 e. The van der Waals surface area contributed by atoms with Crippen molar-refractivity contribution in [2.75, 3.05) is 20.8 Å². The summed E-state index contributed by atoms with van der Waals surface area (Å²) < 4.78 is 10.8. The molecule has 1 fully saturated rings. The molecule has 0 heterocycles. The van der Waals surface area contributed by atoms with Crippen molar-refractivity contribution in [1.82, 2.24) is 4.90 Å². The largest absolute Gasteiger partial charge is 0.493 e. The fourth-order valence-electron chi connectivity index (χ4n) is 2.40. The highest BCUT2D eigenvalue weighted by Crippen LogP contribution is 2.30. The number of nitrogens with zero attached hydrogens (tertiary/aromatic N) is 1. The quantitative estimate of drug-likeness (QED) is 0.802. The highest BCUT2D eigenvalue weighted by atomic mass is 16.5. The first-order chi connectivity index (χ1) is 9.65. The summed E-state index contributed by atoms with van der Waals surface area (Å²) in [5.74, 6) is 1.95. The molecular formula is C16H23NO3. The Balaban J connectivity index is 2.03. The second-order valence-electron chi connectivity index (χ2n) is 5.24. The molecule has 0 radical (unpaired) electrons. The maximum atomic E-state index is 12.1. The van der Waals surface area contributed by atoms with Gasteiger partial charge in [-0.15, -0.1) is 0 Å². The average Bonchev–Trinajstić information content (AvgIpc) is 2.38. The number of rotatable bonds is 6. The number of carbonyl (C=O) groups excluding carboxylic acids is 1. The van der Waals surface area contributed by atoms with Crippen LogP contribution in [0.2, 0.25) is 0 Å². The van der Waals surface area contributed by atoms with Crippen molar-refractivity contribution in [3.8, 4) is 11.5 Å². The van der Waals surface area contributed by atoms with Crippen LogP contribution in [0.25, 0.3) is 0 Å². The van der Waals surface area contributed by atoms with Gasteiger partial charge in [0.05, 0.1) is 13.7 Å². The molecule has 4 nitrogen and oxygen atoms in total. The van der Waals surface area contributed by atoms with Gasteiger partial charge in [0.2, 0.25) is 5.91 Å². The lowest BCUT2D eigenvalue weighted by molar-refractivity contribution is -0.137. The summed E-state index contributed by atoms with van der Waals surface area (Å²) in [4.78, 5) is 13.9. The van der Waals surface area contributed by atoms with Gasteiger partial charge < -0.3 is 14.4 Å². The van der Waals surface area contributed by atoms with Gasteiger partial charge in [0.1, 0.15) is 0 Å². The fraction of sp³-hybridized carbons (Fsp3) is 0.562. The Morgan fingerprint density at radius 2 is 2.10 bits per heavy atom. The maximum Gasteiger partial charge on any atom is 0.225 e. The third-order valence-corrected chi connectivity index (χ3v) is 3.78. The highest BCUT2D eigenvalue weighted by molar-refractivity contribution is 5.79. The molecule has 0 unspecified atom stereocenters.